The normalized spacial score (nSPS) is 19.1. The summed E-state index contributed by atoms with van der Waals surface area (Å²) in [4.78, 5) is 24.9. The number of hydrogen-bond acceptors (Lipinski definition) is 4. The monoisotopic (exact) mass is 325 g/mol. The van der Waals surface area contributed by atoms with Gasteiger partial charge in [-0.15, -0.1) is 0 Å². The van der Waals surface area contributed by atoms with Gasteiger partial charge < -0.3 is 20.7 Å². The number of carbonyl (C=O) groups is 2. The maximum absolute atomic E-state index is 12.0. The van der Waals surface area contributed by atoms with Crippen LogP contribution in [0.1, 0.15) is 25.7 Å². The van der Waals surface area contributed by atoms with Gasteiger partial charge in [0.2, 0.25) is 11.8 Å². The number of rotatable bonds is 7. The highest BCUT2D eigenvalue weighted by atomic mass is 19.4. The lowest BCUT2D eigenvalue weighted by atomic mass is 10.0. The van der Waals surface area contributed by atoms with E-state index in [2.05, 4.69) is 10.1 Å². The van der Waals surface area contributed by atoms with Crippen molar-refractivity contribution in [1.29, 1.82) is 0 Å². The summed E-state index contributed by atoms with van der Waals surface area (Å²) in [6, 6.07) is -0.211. The third-order valence-corrected chi connectivity index (χ3v) is 3.35. The molecule has 1 aliphatic heterocycles. The van der Waals surface area contributed by atoms with Crippen molar-refractivity contribution in [3.63, 3.8) is 0 Å². The molecule has 0 radical (unpaired) electrons. The Morgan fingerprint density at radius 2 is 2.05 bits per heavy atom. The van der Waals surface area contributed by atoms with Crippen molar-refractivity contribution < 1.29 is 27.5 Å². The smallest absolute Gasteiger partial charge is 0.362 e. The number of nitrogens with one attached hydrogen (secondary N) is 1. The van der Waals surface area contributed by atoms with Crippen molar-refractivity contribution in [3.05, 3.63) is 0 Å². The van der Waals surface area contributed by atoms with Crippen molar-refractivity contribution in [2.45, 2.75) is 37.9 Å². The molecule has 9 heteroatoms. The molecule has 1 fully saturated rings. The fourth-order valence-electron chi connectivity index (χ4n) is 2.33. The van der Waals surface area contributed by atoms with Gasteiger partial charge in [-0.1, -0.05) is 0 Å². The van der Waals surface area contributed by atoms with Crippen LogP contribution in [-0.2, 0) is 14.3 Å². The molecule has 0 aromatic carbocycles. The van der Waals surface area contributed by atoms with Crippen LogP contribution in [0.15, 0.2) is 0 Å². The molecule has 22 heavy (non-hydrogen) atoms. The molecule has 1 saturated heterocycles. The first-order valence-corrected chi connectivity index (χ1v) is 7.24. The Bertz CT molecular complexity index is 377. The van der Waals surface area contributed by atoms with Crippen molar-refractivity contribution in [1.82, 2.24) is 10.2 Å². The predicted molar refractivity (Wildman–Crippen MR) is 72.9 cm³/mol. The molecule has 6 nitrogen and oxygen atoms in total. The van der Waals surface area contributed by atoms with Crippen LogP contribution in [-0.4, -0.2) is 61.8 Å². The lowest BCUT2D eigenvalue weighted by molar-refractivity contribution is -0.178. The number of nitrogens with zero attached hydrogens (tertiary/aromatic N) is 1. The van der Waals surface area contributed by atoms with Gasteiger partial charge in [0.25, 0.3) is 0 Å². The molecule has 1 atom stereocenters. The molecule has 1 unspecified atom stereocenters. The molecular weight excluding hydrogens is 303 g/mol. The van der Waals surface area contributed by atoms with E-state index < -0.39 is 25.3 Å². The molecule has 0 aliphatic carbocycles. The summed E-state index contributed by atoms with van der Waals surface area (Å²) in [6.45, 7) is -1.06. The number of carbonyl (C=O) groups excluding carboxylic acids is 2. The standard InChI is InChI=1S/C13H22F3N3O3/c14-13(15,16)9-22-8-12(21)19-6-2-1-3-10(19)7-18-11(20)4-5-17/h10H,1-9,17H2,(H,18,20). The minimum atomic E-state index is -4.45. The third kappa shape index (κ3) is 7.08. The maximum Gasteiger partial charge on any atom is 0.411 e. The molecule has 0 saturated carbocycles. The van der Waals surface area contributed by atoms with Crippen LogP contribution >= 0.6 is 0 Å². The lowest BCUT2D eigenvalue weighted by Crippen LogP contribution is -2.50. The molecule has 1 aliphatic rings. The summed E-state index contributed by atoms with van der Waals surface area (Å²) >= 11 is 0. The third-order valence-electron chi connectivity index (χ3n) is 3.35. The molecule has 0 aromatic rings. The van der Waals surface area contributed by atoms with E-state index >= 15 is 0 Å². The van der Waals surface area contributed by atoms with Gasteiger partial charge in [0, 0.05) is 32.1 Å². The first-order valence-electron chi connectivity index (χ1n) is 7.24. The van der Waals surface area contributed by atoms with Gasteiger partial charge in [0.1, 0.15) is 13.2 Å². The largest absolute Gasteiger partial charge is 0.411 e. The van der Waals surface area contributed by atoms with Crippen LogP contribution < -0.4 is 11.1 Å². The van der Waals surface area contributed by atoms with Crippen LogP contribution in [0.25, 0.3) is 0 Å². The fourth-order valence-corrected chi connectivity index (χ4v) is 2.33. The second-order valence-corrected chi connectivity index (χ2v) is 5.19. The van der Waals surface area contributed by atoms with Crippen molar-refractivity contribution in [2.24, 2.45) is 5.73 Å². The van der Waals surface area contributed by atoms with E-state index in [1.807, 2.05) is 0 Å². The van der Waals surface area contributed by atoms with E-state index in [9.17, 15) is 22.8 Å². The van der Waals surface area contributed by atoms with Gasteiger partial charge in [-0.05, 0) is 19.3 Å². The minimum Gasteiger partial charge on any atom is -0.362 e. The van der Waals surface area contributed by atoms with E-state index in [4.69, 9.17) is 5.73 Å². The molecule has 1 heterocycles. The Morgan fingerprint density at radius 3 is 2.68 bits per heavy atom. The van der Waals surface area contributed by atoms with Gasteiger partial charge in [-0.2, -0.15) is 13.2 Å². The highest BCUT2D eigenvalue weighted by Crippen LogP contribution is 2.18. The number of hydrogen-bond donors (Lipinski definition) is 2. The van der Waals surface area contributed by atoms with E-state index in [0.29, 0.717) is 13.0 Å². The average Bonchev–Trinajstić information content (AvgIpc) is 2.44. The highest BCUT2D eigenvalue weighted by Gasteiger charge is 2.30. The van der Waals surface area contributed by atoms with Crippen LogP contribution in [0, 0.1) is 0 Å². The van der Waals surface area contributed by atoms with Crippen molar-refractivity contribution in [2.75, 3.05) is 32.8 Å². The topological polar surface area (TPSA) is 84.7 Å². The van der Waals surface area contributed by atoms with E-state index in [0.717, 1.165) is 12.8 Å². The summed E-state index contributed by atoms with van der Waals surface area (Å²) in [5, 5.41) is 2.68. The Kier molecular flexibility index (Phi) is 7.60. The molecule has 128 valence electrons. The first kappa shape index (κ1) is 18.7. The van der Waals surface area contributed by atoms with Gasteiger partial charge in [0.05, 0.1) is 0 Å². The Morgan fingerprint density at radius 1 is 1.32 bits per heavy atom. The number of likely N-dealkylation sites (tertiary alicyclic amines) is 1. The quantitative estimate of drug-likeness (QED) is 0.710. The van der Waals surface area contributed by atoms with Crippen LogP contribution in [0.5, 0.6) is 0 Å². The Labute approximate surface area is 127 Å². The summed E-state index contributed by atoms with van der Waals surface area (Å²) in [6.07, 6.45) is -1.84. The first-order chi connectivity index (χ1) is 10.3. The summed E-state index contributed by atoms with van der Waals surface area (Å²) in [5.74, 6) is -0.684. The van der Waals surface area contributed by atoms with Crippen LogP contribution in [0.2, 0.25) is 0 Å². The summed E-state index contributed by atoms with van der Waals surface area (Å²) in [7, 11) is 0. The second-order valence-electron chi connectivity index (χ2n) is 5.19. The Balaban J connectivity index is 2.43. The zero-order valence-electron chi connectivity index (χ0n) is 12.3. The molecular formula is C13H22F3N3O3. The number of halogens is 3. The number of piperidine rings is 1. The Hall–Kier alpha value is -1.35. The second kappa shape index (κ2) is 8.94. The zero-order valence-corrected chi connectivity index (χ0v) is 12.3. The predicted octanol–water partition coefficient (Wildman–Crippen LogP) is 0.411. The van der Waals surface area contributed by atoms with Crippen LogP contribution in [0.4, 0.5) is 13.2 Å². The molecule has 0 spiro atoms. The summed E-state index contributed by atoms with van der Waals surface area (Å²) in [5.41, 5.74) is 5.27. The molecule has 2 amide bonds. The van der Waals surface area contributed by atoms with Crippen molar-refractivity contribution >= 4 is 11.8 Å². The number of amides is 2. The van der Waals surface area contributed by atoms with Crippen LogP contribution in [0.3, 0.4) is 0 Å². The van der Waals surface area contributed by atoms with E-state index in [-0.39, 0.29) is 31.5 Å². The van der Waals surface area contributed by atoms with Gasteiger partial charge in [0.15, 0.2) is 0 Å². The van der Waals surface area contributed by atoms with Gasteiger partial charge in [-0.3, -0.25) is 9.59 Å². The lowest BCUT2D eigenvalue weighted by Gasteiger charge is -2.35. The number of alkyl halides is 3. The van der Waals surface area contributed by atoms with Crippen molar-refractivity contribution in [3.8, 4) is 0 Å². The van der Waals surface area contributed by atoms with E-state index in [1.54, 1.807) is 0 Å². The zero-order chi connectivity index (χ0) is 16.6. The summed E-state index contributed by atoms with van der Waals surface area (Å²) < 4.78 is 40.4. The molecule has 0 aromatic heterocycles. The molecule has 3 N–H and O–H groups in total. The SMILES string of the molecule is NCCC(=O)NCC1CCCCN1C(=O)COCC(F)(F)F. The average molecular weight is 325 g/mol. The molecule has 0 bridgehead atoms. The van der Waals surface area contributed by atoms with Gasteiger partial charge in [-0.25, -0.2) is 0 Å². The van der Waals surface area contributed by atoms with E-state index in [1.165, 1.54) is 4.90 Å². The molecule has 1 rings (SSSR count). The van der Waals surface area contributed by atoms with Gasteiger partial charge >= 0.3 is 6.18 Å². The minimum absolute atomic E-state index is 0.200. The highest BCUT2D eigenvalue weighted by molar-refractivity contribution is 5.78. The number of ether oxygens (including phenoxy) is 1. The number of nitrogens with two attached hydrogens (primary N) is 1. The maximum atomic E-state index is 12.0. The fraction of sp³-hybridized carbons (Fsp3) is 0.846.